The molecule has 1 rings (SSSR count). The number of nitriles is 1. The highest BCUT2D eigenvalue weighted by atomic mass is 16.3. The van der Waals surface area contributed by atoms with Gasteiger partial charge in [-0.3, -0.25) is 0 Å². The third-order valence-electron chi connectivity index (χ3n) is 2.21. The van der Waals surface area contributed by atoms with Crippen LogP contribution in [0.2, 0.25) is 0 Å². The molecule has 0 radical (unpaired) electrons. The van der Waals surface area contributed by atoms with E-state index in [4.69, 9.17) is 10.4 Å². The molecule has 1 aromatic rings. The molecule has 3 nitrogen and oxygen atoms in total. The SMILES string of the molecule is C[C@@H](CO)[C@@H](O)c1ccc(C#N)cc1. The van der Waals surface area contributed by atoms with Crippen molar-refractivity contribution in [3.63, 3.8) is 0 Å². The quantitative estimate of drug-likeness (QED) is 0.755. The molecule has 0 aromatic heterocycles. The van der Waals surface area contributed by atoms with Gasteiger partial charge in [0.1, 0.15) is 0 Å². The van der Waals surface area contributed by atoms with Crippen molar-refractivity contribution >= 4 is 0 Å². The molecule has 0 aliphatic rings. The van der Waals surface area contributed by atoms with Gasteiger partial charge in [-0.15, -0.1) is 0 Å². The molecular weight excluding hydrogens is 178 g/mol. The van der Waals surface area contributed by atoms with Crippen LogP contribution in [0.1, 0.15) is 24.2 Å². The summed E-state index contributed by atoms with van der Waals surface area (Å²) in [5.74, 6) is -0.192. The molecule has 0 saturated heterocycles. The van der Waals surface area contributed by atoms with Gasteiger partial charge in [-0.05, 0) is 17.7 Å². The van der Waals surface area contributed by atoms with Crippen molar-refractivity contribution in [3.8, 4) is 6.07 Å². The van der Waals surface area contributed by atoms with Gasteiger partial charge < -0.3 is 10.2 Å². The maximum Gasteiger partial charge on any atom is 0.0991 e. The van der Waals surface area contributed by atoms with Gasteiger partial charge in [-0.1, -0.05) is 19.1 Å². The van der Waals surface area contributed by atoms with Crippen molar-refractivity contribution in [1.82, 2.24) is 0 Å². The predicted molar refractivity (Wildman–Crippen MR) is 52.4 cm³/mol. The van der Waals surface area contributed by atoms with E-state index >= 15 is 0 Å². The number of benzene rings is 1. The molecule has 0 bridgehead atoms. The Morgan fingerprint density at radius 1 is 1.36 bits per heavy atom. The van der Waals surface area contributed by atoms with E-state index < -0.39 is 6.10 Å². The Kier molecular flexibility index (Phi) is 3.63. The monoisotopic (exact) mass is 191 g/mol. The van der Waals surface area contributed by atoms with E-state index in [0.717, 1.165) is 5.56 Å². The molecule has 0 saturated carbocycles. The Hall–Kier alpha value is -1.37. The molecule has 3 heteroatoms. The largest absolute Gasteiger partial charge is 0.396 e. The third-order valence-corrected chi connectivity index (χ3v) is 2.21. The van der Waals surface area contributed by atoms with Crippen LogP contribution in [0.25, 0.3) is 0 Å². The number of nitrogens with zero attached hydrogens (tertiary/aromatic N) is 1. The zero-order valence-corrected chi connectivity index (χ0v) is 8.01. The van der Waals surface area contributed by atoms with Crippen molar-refractivity contribution < 1.29 is 10.2 Å². The summed E-state index contributed by atoms with van der Waals surface area (Å²) in [6.07, 6.45) is -0.673. The number of rotatable bonds is 3. The van der Waals surface area contributed by atoms with Gasteiger partial charge >= 0.3 is 0 Å². The molecule has 0 unspecified atom stereocenters. The van der Waals surface area contributed by atoms with Crippen LogP contribution >= 0.6 is 0 Å². The summed E-state index contributed by atoms with van der Waals surface area (Å²) in [5.41, 5.74) is 1.29. The third kappa shape index (κ3) is 2.32. The van der Waals surface area contributed by atoms with E-state index in [-0.39, 0.29) is 12.5 Å². The van der Waals surface area contributed by atoms with E-state index in [2.05, 4.69) is 0 Å². The van der Waals surface area contributed by atoms with Crippen LogP contribution in [-0.4, -0.2) is 16.8 Å². The fraction of sp³-hybridized carbons (Fsp3) is 0.364. The summed E-state index contributed by atoms with van der Waals surface area (Å²) in [5, 5.41) is 27.1. The van der Waals surface area contributed by atoms with Crippen molar-refractivity contribution in [2.24, 2.45) is 5.92 Å². The summed E-state index contributed by atoms with van der Waals surface area (Å²) >= 11 is 0. The van der Waals surface area contributed by atoms with E-state index in [1.807, 2.05) is 6.07 Å². The highest BCUT2D eigenvalue weighted by Gasteiger charge is 2.14. The van der Waals surface area contributed by atoms with Gasteiger partial charge in [0.05, 0.1) is 17.7 Å². The standard InChI is InChI=1S/C11H13NO2/c1-8(7-13)11(14)10-4-2-9(6-12)3-5-10/h2-5,8,11,13-14H,7H2,1H3/t8-,11+/m0/s1. The summed E-state index contributed by atoms with van der Waals surface area (Å²) in [6.45, 7) is 1.71. The lowest BCUT2D eigenvalue weighted by molar-refractivity contribution is 0.0770. The zero-order valence-electron chi connectivity index (χ0n) is 8.01. The van der Waals surface area contributed by atoms with Gasteiger partial charge in [0, 0.05) is 12.5 Å². The van der Waals surface area contributed by atoms with Crippen LogP contribution in [0.15, 0.2) is 24.3 Å². The first-order chi connectivity index (χ1) is 6.69. The summed E-state index contributed by atoms with van der Waals surface area (Å²) in [4.78, 5) is 0. The highest BCUT2D eigenvalue weighted by molar-refractivity contribution is 5.32. The lowest BCUT2D eigenvalue weighted by Gasteiger charge is -2.16. The second kappa shape index (κ2) is 4.75. The molecule has 74 valence electrons. The maximum atomic E-state index is 9.71. The van der Waals surface area contributed by atoms with Crippen LogP contribution in [0.5, 0.6) is 0 Å². The van der Waals surface area contributed by atoms with Crippen LogP contribution < -0.4 is 0 Å². The van der Waals surface area contributed by atoms with Gasteiger partial charge in [0.15, 0.2) is 0 Å². The molecule has 2 N–H and O–H groups in total. The van der Waals surface area contributed by atoms with Crippen molar-refractivity contribution in [1.29, 1.82) is 5.26 Å². The second-order valence-corrected chi connectivity index (χ2v) is 3.34. The van der Waals surface area contributed by atoms with Crippen molar-refractivity contribution in [2.45, 2.75) is 13.0 Å². The van der Waals surface area contributed by atoms with Crippen LogP contribution in [-0.2, 0) is 0 Å². The number of hydrogen-bond acceptors (Lipinski definition) is 3. The lowest BCUT2D eigenvalue weighted by Crippen LogP contribution is -2.12. The Morgan fingerprint density at radius 2 is 1.93 bits per heavy atom. The summed E-state index contributed by atoms with van der Waals surface area (Å²) < 4.78 is 0. The van der Waals surface area contributed by atoms with Crippen molar-refractivity contribution in [3.05, 3.63) is 35.4 Å². The van der Waals surface area contributed by atoms with E-state index in [9.17, 15) is 5.11 Å². The van der Waals surface area contributed by atoms with Gasteiger partial charge in [0.25, 0.3) is 0 Å². The average molecular weight is 191 g/mol. The smallest absolute Gasteiger partial charge is 0.0991 e. The number of hydrogen-bond donors (Lipinski definition) is 2. The molecule has 0 heterocycles. The molecule has 0 amide bonds. The van der Waals surface area contributed by atoms with Gasteiger partial charge in [0.2, 0.25) is 0 Å². The Bertz CT molecular complexity index is 326. The summed E-state index contributed by atoms with van der Waals surface area (Å²) in [7, 11) is 0. The fourth-order valence-electron chi connectivity index (χ4n) is 1.18. The normalized spacial score (nSPS) is 14.4. The average Bonchev–Trinajstić information content (AvgIpc) is 2.27. The minimum Gasteiger partial charge on any atom is -0.396 e. The maximum absolute atomic E-state index is 9.71. The first-order valence-corrected chi connectivity index (χ1v) is 4.48. The molecular formula is C11H13NO2. The Morgan fingerprint density at radius 3 is 2.36 bits per heavy atom. The van der Waals surface area contributed by atoms with Crippen LogP contribution in [0, 0.1) is 17.2 Å². The Labute approximate surface area is 83.2 Å². The molecule has 1 aromatic carbocycles. The first kappa shape index (κ1) is 10.7. The minimum atomic E-state index is -0.673. The molecule has 0 aliphatic carbocycles. The highest BCUT2D eigenvalue weighted by Crippen LogP contribution is 2.21. The first-order valence-electron chi connectivity index (χ1n) is 4.48. The van der Waals surface area contributed by atoms with Gasteiger partial charge in [-0.25, -0.2) is 0 Å². The zero-order chi connectivity index (χ0) is 10.6. The molecule has 0 aliphatic heterocycles. The number of aliphatic hydroxyl groups excluding tert-OH is 2. The fourth-order valence-corrected chi connectivity index (χ4v) is 1.18. The van der Waals surface area contributed by atoms with Crippen LogP contribution in [0.3, 0.4) is 0 Å². The summed E-state index contributed by atoms with van der Waals surface area (Å²) in [6, 6.07) is 8.72. The topological polar surface area (TPSA) is 64.2 Å². The van der Waals surface area contributed by atoms with Gasteiger partial charge in [-0.2, -0.15) is 5.26 Å². The minimum absolute atomic E-state index is 0.0544. The molecule has 2 atom stereocenters. The van der Waals surface area contributed by atoms with E-state index in [1.54, 1.807) is 31.2 Å². The molecule has 0 spiro atoms. The second-order valence-electron chi connectivity index (χ2n) is 3.34. The van der Waals surface area contributed by atoms with Crippen LogP contribution in [0.4, 0.5) is 0 Å². The van der Waals surface area contributed by atoms with E-state index in [1.165, 1.54) is 0 Å². The lowest BCUT2D eigenvalue weighted by atomic mass is 9.97. The Balaban J connectivity index is 2.82. The van der Waals surface area contributed by atoms with Crippen molar-refractivity contribution in [2.75, 3.05) is 6.61 Å². The van der Waals surface area contributed by atoms with E-state index in [0.29, 0.717) is 5.56 Å². The predicted octanol–water partition coefficient (Wildman–Crippen LogP) is 1.22. The molecule has 0 fully saturated rings. The number of aliphatic hydroxyl groups is 2. The molecule has 14 heavy (non-hydrogen) atoms.